The average molecular weight is 387 g/mol. The van der Waals surface area contributed by atoms with Crippen LogP contribution in [0.4, 0.5) is 5.69 Å². The maximum absolute atomic E-state index is 6.32. The number of hydrogen-bond acceptors (Lipinski definition) is 5. The molecule has 0 spiro atoms. The number of hydrogen-bond donors (Lipinski definition) is 4. The van der Waals surface area contributed by atoms with Gasteiger partial charge < -0.3 is 27.7 Å². The maximum Gasteiger partial charge on any atom is 0.129 e. The monoisotopic (exact) mass is 386 g/mol. The minimum atomic E-state index is 0.654. The van der Waals surface area contributed by atoms with Crippen molar-refractivity contribution in [2.24, 2.45) is 23.1 Å². The van der Waals surface area contributed by atoms with Gasteiger partial charge in [-0.3, -0.25) is 0 Å². The van der Waals surface area contributed by atoms with Crippen LogP contribution < -0.4 is 27.7 Å². The van der Waals surface area contributed by atoms with Gasteiger partial charge >= 0.3 is 0 Å². The number of ether oxygens (including phenoxy) is 1. The summed E-state index contributed by atoms with van der Waals surface area (Å²) in [6.07, 6.45) is 15.4. The average Bonchev–Trinajstić information content (AvgIpc) is 2.70. The molecule has 0 bridgehead atoms. The lowest BCUT2D eigenvalue weighted by molar-refractivity contribution is 0.266. The topological polar surface area (TPSA) is 113 Å². The van der Waals surface area contributed by atoms with Gasteiger partial charge in [-0.1, -0.05) is 45.3 Å². The molecule has 28 heavy (non-hydrogen) atoms. The van der Waals surface area contributed by atoms with E-state index in [-0.39, 0.29) is 0 Å². The Morgan fingerprint density at radius 2 is 1.93 bits per heavy atom. The summed E-state index contributed by atoms with van der Waals surface area (Å²) in [5.74, 6) is 1.43. The fourth-order valence-electron chi connectivity index (χ4n) is 3.17. The van der Waals surface area contributed by atoms with Crippen LogP contribution in [0.2, 0.25) is 0 Å². The van der Waals surface area contributed by atoms with Crippen molar-refractivity contribution in [1.29, 1.82) is 0 Å². The zero-order valence-corrected chi connectivity index (χ0v) is 17.5. The van der Waals surface area contributed by atoms with E-state index in [1.165, 1.54) is 25.2 Å². The van der Waals surface area contributed by atoms with Crippen molar-refractivity contribution >= 4 is 17.3 Å². The number of nitrogen functional groups attached to an aromatic ring is 1. The van der Waals surface area contributed by atoms with Crippen molar-refractivity contribution < 1.29 is 4.74 Å². The molecule has 156 valence electrons. The first-order chi connectivity index (χ1) is 13.6. The summed E-state index contributed by atoms with van der Waals surface area (Å²) in [5.41, 5.74) is 26.5. The van der Waals surface area contributed by atoms with Crippen molar-refractivity contribution in [3.8, 4) is 5.75 Å². The Kier molecular flexibility index (Phi) is 11.6. The summed E-state index contributed by atoms with van der Waals surface area (Å²) in [4.78, 5) is 0. The van der Waals surface area contributed by atoms with Crippen LogP contribution in [-0.4, -0.2) is 13.2 Å². The molecule has 1 aromatic carbocycles. The van der Waals surface area contributed by atoms with Gasteiger partial charge in [-0.25, -0.2) is 0 Å². The molecule has 0 fully saturated rings. The minimum Gasteiger partial charge on any atom is -0.493 e. The Morgan fingerprint density at radius 1 is 1.14 bits per heavy atom. The van der Waals surface area contributed by atoms with Gasteiger partial charge in [-0.2, -0.15) is 0 Å². The second kappa shape index (κ2) is 13.7. The van der Waals surface area contributed by atoms with Gasteiger partial charge in [0.1, 0.15) is 5.75 Å². The van der Waals surface area contributed by atoms with Crippen LogP contribution in [0, 0.1) is 5.92 Å². The van der Waals surface area contributed by atoms with E-state index in [1.807, 2.05) is 18.2 Å². The van der Waals surface area contributed by atoms with Gasteiger partial charge in [0.15, 0.2) is 0 Å². The molecule has 0 amide bonds. The maximum atomic E-state index is 6.32. The molecule has 0 saturated heterocycles. The van der Waals surface area contributed by atoms with E-state index >= 15 is 0 Å². The molecule has 1 aromatic rings. The Hall–Kier alpha value is -2.40. The molecular weight excluding hydrogens is 348 g/mol. The zero-order chi connectivity index (χ0) is 20.8. The first-order valence-electron chi connectivity index (χ1n) is 10.3. The number of nitrogens with two attached hydrogens (primary N) is 4. The number of allylic oxidation sites excluding steroid dienone is 3. The Morgan fingerprint density at radius 3 is 2.54 bits per heavy atom. The van der Waals surface area contributed by atoms with Crippen molar-refractivity contribution in [1.82, 2.24) is 0 Å². The Balaban J connectivity index is 2.99. The Bertz CT molecular complexity index is 665. The minimum absolute atomic E-state index is 0.654. The van der Waals surface area contributed by atoms with Crippen LogP contribution in [-0.2, 0) is 0 Å². The first kappa shape index (κ1) is 23.6. The lowest BCUT2D eigenvalue weighted by atomic mass is 9.96. The van der Waals surface area contributed by atoms with Gasteiger partial charge in [-0.15, -0.1) is 0 Å². The molecule has 0 aromatic heterocycles. The molecule has 0 aliphatic heterocycles. The van der Waals surface area contributed by atoms with Gasteiger partial charge in [0.2, 0.25) is 0 Å². The van der Waals surface area contributed by atoms with Gasteiger partial charge in [0, 0.05) is 17.5 Å². The highest BCUT2D eigenvalue weighted by atomic mass is 16.5. The van der Waals surface area contributed by atoms with Crippen molar-refractivity contribution in [2.75, 3.05) is 18.9 Å². The molecule has 0 radical (unpaired) electrons. The van der Waals surface area contributed by atoms with Crippen molar-refractivity contribution in [3.05, 3.63) is 47.8 Å². The molecule has 0 heterocycles. The normalized spacial score (nSPS) is 13.5. The number of unbranched alkanes of at least 4 members (excludes halogenated alkanes) is 1. The lowest BCUT2D eigenvalue weighted by Crippen LogP contribution is -2.09. The lowest BCUT2D eigenvalue weighted by Gasteiger charge is -2.18. The second-order valence-corrected chi connectivity index (χ2v) is 6.96. The predicted molar refractivity (Wildman–Crippen MR) is 122 cm³/mol. The predicted octanol–water partition coefficient (Wildman–Crippen LogP) is 4.39. The molecule has 8 N–H and O–H groups in total. The third-order valence-corrected chi connectivity index (χ3v) is 4.91. The summed E-state index contributed by atoms with van der Waals surface area (Å²) in [7, 11) is 0. The summed E-state index contributed by atoms with van der Waals surface area (Å²) in [5, 5.41) is 0. The summed E-state index contributed by atoms with van der Waals surface area (Å²) in [6.45, 7) is 5.75. The largest absolute Gasteiger partial charge is 0.493 e. The van der Waals surface area contributed by atoms with Gasteiger partial charge in [0.05, 0.1) is 6.61 Å². The molecule has 5 heteroatoms. The molecule has 1 atom stereocenters. The fourth-order valence-corrected chi connectivity index (χ4v) is 3.17. The van der Waals surface area contributed by atoms with Crippen LogP contribution in [0.25, 0.3) is 11.6 Å². The van der Waals surface area contributed by atoms with E-state index in [4.69, 9.17) is 27.7 Å². The number of anilines is 1. The summed E-state index contributed by atoms with van der Waals surface area (Å²) in [6, 6.07) is 3.89. The molecule has 0 saturated carbocycles. The number of rotatable bonds is 13. The molecule has 1 rings (SSSR count). The smallest absolute Gasteiger partial charge is 0.129 e. The number of benzene rings is 1. The van der Waals surface area contributed by atoms with Gasteiger partial charge in [0.25, 0.3) is 0 Å². The highest BCUT2D eigenvalue weighted by molar-refractivity contribution is 5.81. The van der Waals surface area contributed by atoms with E-state index in [0.717, 1.165) is 54.7 Å². The van der Waals surface area contributed by atoms with E-state index in [9.17, 15) is 0 Å². The van der Waals surface area contributed by atoms with Crippen LogP contribution in [0.3, 0.4) is 0 Å². The van der Waals surface area contributed by atoms with Crippen LogP contribution >= 0.6 is 0 Å². The molecular formula is C23H38N4O. The van der Waals surface area contributed by atoms with Crippen molar-refractivity contribution in [2.45, 2.75) is 52.4 Å². The van der Waals surface area contributed by atoms with E-state index in [0.29, 0.717) is 18.2 Å². The van der Waals surface area contributed by atoms with Crippen LogP contribution in [0.5, 0.6) is 5.75 Å². The molecule has 1 unspecified atom stereocenters. The molecule has 0 aliphatic rings. The van der Waals surface area contributed by atoms with Gasteiger partial charge in [-0.05, 0) is 67.3 Å². The quantitative estimate of drug-likeness (QED) is 0.228. The highest BCUT2D eigenvalue weighted by Crippen LogP contribution is 2.32. The zero-order valence-electron chi connectivity index (χ0n) is 17.5. The standard InChI is InChI=1S/C23H38N4O/c1-3-5-9-21-22(27)15-20(19(17-26)10-13-25)16-23(21)28-14-11-18(4-2)8-6-7-12-24/h5,9-10,13,15-18H,3-4,6-8,11-12,14,24-27H2,1-2H3/b9-5-,13-10-,19-17+. The third-order valence-electron chi connectivity index (χ3n) is 4.91. The van der Waals surface area contributed by atoms with Crippen LogP contribution in [0.15, 0.2) is 36.7 Å². The summed E-state index contributed by atoms with van der Waals surface area (Å²) < 4.78 is 6.19. The van der Waals surface area contributed by atoms with E-state index in [2.05, 4.69) is 19.9 Å². The third kappa shape index (κ3) is 7.69. The second-order valence-electron chi connectivity index (χ2n) is 6.96. The summed E-state index contributed by atoms with van der Waals surface area (Å²) >= 11 is 0. The SMILES string of the molecule is CC/C=C\c1c(N)cc(C(/C=C\N)=C/N)cc1OCCC(CC)CCCCN. The highest BCUT2D eigenvalue weighted by Gasteiger charge is 2.12. The molecule has 0 aliphatic carbocycles. The van der Waals surface area contributed by atoms with Crippen molar-refractivity contribution in [3.63, 3.8) is 0 Å². The fraction of sp³-hybridized carbons (Fsp3) is 0.478. The first-order valence-corrected chi connectivity index (χ1v) is 10.3. The van der Waals surface area contributed by atoms with E-state index in [1.54, 1.807) is 6.08 Å². The Labute approximate surface area is 170 Å². The molecule has 5 nitrogen and oxygen atoms in total. The van der Waals surface area contributed by atoms with Crippen LogP contribution in [0.1, 0.15) is 63.5 Å². The van der Waals surface area contributed by atoms with E-state index < -0.39 is 0 Å².